The number of nitrogens with zero attached hydrogens (tertiary/aromatic N) is 3. The minimum Gasteiger partial charge on any atom is -0.334 e. The summed E-state index contributed by atoms with van der Waals surface area (Å²) in [5, 5.41) is 0. The number of benzene rings is 1. The van der Waals surface area contributed by atoms with Gasteiger partial charge in [-0.3, -0.25) is 9.69 Å². The zero-order valence-electron chi connectivity index (χ0n) is 14.5. The maximum atomic E-state index is 12.6. The molecule has 1 fully saturated rings. The average molecular weight is 325 g/mol. The fourth-order valence-electron chi connectivity index (χ4n) is 3.54. The topological polar surface area (TPSA) is 38.1 Å². The second-order valence-electron chi connectivity index (χ2n) is 6.74. The summed E-state index contributed by atoms with van der Waals surface area (Å²) >= 11 is 0. The van der Waals surface area contributed by atoms with Crippen LogP contribution in [0.25, 0.3) is 0 Å². The number of piperidine rings is 1. The minimum absolute atomic E-state index is 0.161. The summed E-state index contributed by atoms with van der Waals surface area (Å²) in [7, 11) is 0. The summed E-state index contributed by atoms with van der Waals surface area (Å²) in [6, 6.07) is 10.1. The van der Waals surface area contributed by atoms with Crippen LogP contribution in [-0.4, -0.2) is 33.3 Å². The number of aromatic nitrogens is 2. The normalized spacial score (nSPS) is 18.6. The molecule has 0 spiro atoms. The van der Waals surface area contributed by atoms with Crippen molar-refractivity contribution in [3.63, 3.8) is 0 Å². The van der Waals surface area contributed by atoms with Gasteiger partial charge in [-0.05, 0) is 31.4 Å². The van der Waals surface area contributed by atoms with Crippen LogP contribution in [-0.2, 0) is 24.3 Å². The predicted octanol–water partition coefficient (Wildman–Crippen LogP) is 3.32. The smallest absolute Gasteiger partial charge is 0.141 e. The Bertz CT molecular complexity index is 650. The number of hydrogen-bond donors (Lipinski definition) is 0. The Balaban J connectivity index is 1.57. The lowest BCUT2D eigenvalue weighted by atomic mass is 9.90. The molecule has 24 heavy (non-hydrogen) atoms. The molecule has 3 rings (SSSR count). The number of hydrogen-bond acceptors (Lipinski definition) is 3. The molecule has 0 bridgehead atoms. The molecule has 128 valence electrons. The molecule has 1 aliphatic heterocycles. The Morgan fingerprint density at radius 2 is 2.12 bits per heavy atom. The molecule has 2 aromatic rings. The minimum atomic E-state index is 0.161. The summed E-state index contributed by atoms with van der Waals surface area (Å²) in [6.07, 6.45) is 7.73. The highest BCUT2D eigenvalue weighted by molar-refractivity contribution is 5.83. The molecular formula is C20H27N3O. The van der Waals surface area contributed by atoms with Crippen molar-refractivity contribution in [2.75, 3.05) is 13.1 Å². The van der Waals surface area contributed by atoms with Gasteiger partial charge in [0.2, 0.25) is 0 Å². The predicted molar refractivity (Wildman–Crippen MR) is 95.7 cm³/mol. The maximum absolute atomic E-state index is 12.6. The van der Waals surface area contributed by atoms with Crippen LogP contribution >= 0.6 is 0 Å². The lowest BCUT2D eigenvalue weighted by Crippen LogP contribution is -2.39. The number of ketones is 1. The fourth-order valence-corrected chi connectivity index (χ4v) is 3.54. The van der Waals surface area contributed by atoms with Crippen molar-refractivity contribution < 1.29 is 4.79 Å². The van der Waals surface area contributed by atoms with Crippen molar-refractivity contribution in [1.29, 1.82) is 0 Å². The molecule has 1 atom stereocenters. The van der Waals surface area contributed by atoms with E-state index in [1.54, 1.807) is 0 Å². The van der Waals surface area contributed by atoms with Crippen LogP contribution < -0.4 is 0 Å². The quantitative estimate of drug-likeness (QED) is 0.784. The van der Waals surface area contributed by atoms with Gasteiger partial charge in [0.1, 0.15) is 11.6 Å². The third kappa shape index (κ3) is 4.32. The van der Waals surface area contributed by atoms with Crippen molar-refractivity contribution >= 4 is 5.78 Å². The number of imidazole rings is 1. The van der Waals surface area contributed by atoms with E-state index in [9.17, 15) is 4.79 Å². The summed E-state index contributed by atoms with van der Waals surface area (Å²) < 4.78 is 2.23. The zero-order chi connectivity index (χ0) is 16.8. The highest BCUT2D eigenvalue weighted by atomic mass is 16.1. The van der Waals surface area contributed by atoms with Gasteiger partial charge in [0, 0.05) is 37.8 Å². The van der Waals surface area contributed by atoms with Crippen LogP contribution in [0.1, 0.15) is 37.6 Å². The first kappa shape index (κ1) is 16.9. The second-order valence-corrected chi connectivity index (χ2v) is 6.74. The van der Waals surface area contributed by atoms with Gasteiger partial charge in [-0.25, -0.2) is 4.98 Å². The van der Waals surface area contributed by atoms with E-state index in [0.717, 1.165) is 56.8 Å². The number of aryl methyl sites for hydroxylation is 1. The van der Waals surface area contributed by atoms with Gasteiger partial charge >= 0.3 is 0 Å². The van der Waals surface area contributed by atoms with Crippen LogP contribution in [0.15, 0.2) is 42.7 Å². The third-order valence-corrected chi connectivity index (χ3v) is 4.81. The van der Waals surface area contributed by atoms with Gasteiger partial charge in [0.25, 0.3) is 0 Å². The van der Waals surface area contributed by atoms with Gasteiger partial charge in [-0.1, -0.05) is 37.3 Å². The van der Waals surface area contributed by atoms with Gasteiger partial charge < -0.3 is 4.57 Å². The van der Waals surface area contributed by atoms with Crippen LogP contribution in [0, 0.1) is 5.92 Å². The summed E-state index contributed by atoms with van der Waals surface area (Å²) in [5.74, 6) is 1.66. The molecule has 0 N–H and O–H groups in total. The zero-order valence-corrected chi connectivity index (χ0v) is 14.5. The molecule has 0 amide bonds. The molecule has 0 radical (unpaired) electrons. The maximum Gasteiger partial charge on any atom is 0.141 e. The molecule has 1 aromatic carbocycles. The first-order chi connectivity index (χ1) is 11.8. The van der Waals surface area contributed by atoms with Crippen LogP contribution in [0.3, 0.4) is 0 Å². The molecule has 4 nitrogen and oxygen atoms in total. The molecule has 0 unspecified atom stereocenters. The first-order valence-electron chi connectivity index (χ1n) is 9.05. The van der Waals surface area contributed by atoms with Crippen molar-refractivity contribution in [1.82, 2.24) is 14.5 Å². The Morgan fingerprint density at radius 3 is 2.92 bits per heavy atom. The van der Waals surface area contributed by atoms with Crippen molar-refractivity contribution in [2.24, 2.45) is 5.92 Å². The van der Waals surface area contributed by atoms with Gasteiger partial charge in [-0.15, -0.1) is 0 Å². The summed E-state index contributed by atoms with van der Waals surface area (Å²) in [4.78, 5) is 19.5. The number of carbonyl (C=O) groups is 1. The van der Waals surface area contributed by atoms with Crippen molar-refractivity contribution in [3.8, 4) is 0 Å². The SMILES string of the molecule is CCCn1ccnc1CN1CCC[C@H](C(=O)Cc2ccccc2)C1. The van der Waals surface area contributed by atoms with Crippen LogP contribution in [0.4, 0.5) is 0 Å². The van der Waals surface area contributed by atoms with Gasteiger partial charge in [-0.2, -0.15) is 0 Å². The molecule has 4 heteroatoms. The largest absolute Gasteiger partial charge is 0.334 e. The Labute approximate surface area is 144 Å². The van der Waals surface area contributed by atoms with E-state index >= 15 is 0 Å². The standard InChI is InChI=1S/C20H27N3O/c1-2-11-23-13-10-21-20(23)16-22-12-6-9-18(15-22)19(24)14-17-7-4-3-5-8-17/h3-5,7-8,10,13,18H,2,6,9,11-12,14-16H2,1H3/t18-/m0/s1. The van der Waals surface area contributed by atoms with Crippen LogP contribution in [0.5, 0.6) is 0 Å². The van der Waals surface area contributed by atoms with E-state index < -0.39 is 0 Å². The third-order valence-electron chi connectivity index (χ3n) is 4.81. The van der Waals surface area contributed by atoms with E-state index in [2.05, 4.69) is 27.6 Å². The van der Waals surface area contributed by atoms with E-state index in [1.165, 1.54) is 0 Å². The monoisotopic (exact) mass is 325 g/mol. The molecular weight excluding hydrogens is 298 g/mol. The molecule has 1 aliphatic rings. The molecule has 1 saturated heterocycles. The number of likely N-dealkylation sites (tertiary alicyclic amines) is 1. The van der Waals surface area contributed by atoms with E-state index in [4.69, 9.17) is 0 Å². The van der Waals surface area contributed by atoms with E-state index in [1.807, 2.05) is 36.5 Å². The summed E-state index contributed by atoms with van der Waals surface area (Å²) in [6.45, 7) is 5.98. The lowest BCUT2D eigenvalue weighted by molar-refractivity contribution is -0.124. The first-order valence-corrected chi connectivity index (χ1v) is 9.05. The van der Waals surface area contributed by atoms with E-state index in [-0.39, 0.29) is 5.92 Å². The van der Waals surface area contributed by atoms with Crippen molar-refractivity contribution in [3.05, 3.63) is 54.1 Å². The number of rotatable bonds is 7. The number of Topliss-reactive ketones (excluding diaryl/α,β-unsaturated/α-hetero) is 1. The average Bonchev–Trinajstić information content (AvgIpc) is 3.03. The lowest BCUT2D eigenvalue weighted by Gasteiger charge is -2.31. The Morgan fingerprint density at radius 1 is 1.29 bits per heavy atom. The van der Waals surface area contributed by atoms with Gasteiger partial charge in [0.05, 0.1) is 6.54 Å². The highest BCUT2D eigenvalue weighted by Crippen LogP contribution is 2.20. The van der Waals surface area contributed by atoms with Crippen LogP contribution in [0.2, 0.25) is 0 Å². The van der Waals surface area contributed by atoms with E-state index in [0.29, 0.717) is 12.2 Å². The highest BCUT2D eigenvalue weighted by Gasteiger charge is 2.26. The molecule has 1 aromatic heterocycles. The molecule has 2 heterocycles. The van der Waals surface area contributed by atoms with Crippen molar-refractivity contribution in [2.45, 2.75) is 45.7 Å². The Kier molecular flexibility index (Phi) is 5.81. The van der Waals surface area contributed by atoms with Gasteiger partial charge in [0.15, 0.2) is 0 Å². The molecule has 0 saturated carbocycles. The molecule has 0 aliphatic carbocycles. The fraction of sp³-hybridized carbons (Fsp3) is 0.500. The number of carbonyl (C=O) groups excluding carboxylic acids is 1. The Hall–Kier alpha value is -1.94. The second kappa shape index (κ2) is 8.25. The summed E-state index contributed by atoms with van der Waals surface area (Å²) in [5.41, 5.74) is 1.12.